The molecule has 0 saturated heterocycles. The standard InChI is InChI=1S/C12H23N5S/c1-4-13-9(2)12-14-15-16-17(12)10-7-5-6-8-11(10)18-3/h9-11,13H,4-8H2,1-3H3. The first-order valence-electron chi connectivity index (χ1n) is 6.81. The van der Waals surface area contributed by atoms with Gasteiger partial charge in [0.05, 0.1) is 12.1 Å². The first-order valence-corrected chi connectivity index (χ1v) is 8.10. The van der Waals surface area contributed by atoms with Crippen molar-refractivity contribution in [2.24, 2.45) is 0 Å². The summed E-state index contributed by atoms with van der Waals surface area (Å²) in [6.45, 7) is 5.17. The fourth-order valence-corrected chi connectivity index (χ4v) is 3.72. The molecule has 3 unspecified atom stereocenters. The van der Waals surface area contributed by atoms with Gasteiger partial charge in [-0.15, -0.1) is 5.10 Å². The number of hydrogen-bond acceptors (Lipinski definition) is 5. The predicted molar refractivity (Wildman–Crippen MR) is 74.7 cm³/mol. The molecule has 0 aliphatic heterocycles. The maximum atomic E-state index is 4.24. The summed E-state index contributed by atoms with van der Waals surface area (Å²) in [6, 6.07) is 0.675. The SMILES string of the molecule is CCNC(C)c1nnnn1C1CCCCC1SC. The smallest absolute Gasteiger partial charge is 0.168 e. The molecular formula is C12H23N5S. The van der Waals surface area contributed by atoms with Crippen LogP contribution in [0.15, 0.2) is 0 Å². The van der Waals surface area contributed by atoms with E-state index in [1.807, 2.05) is 11.8 Å². The molecule has 5 nitrogen and oxygen atoms in total. The zero-order valence-electron chi connectivity index (χ0n) is 11.5. The second kappa shape index (κ2) is 6.52. The molecule has 0 bridgehead atoms. The summed E-state index contributed by atoms with van der Waals surface area (Å²) in [6.07, 6.45) is 7.29. The average molecular weight is 269 g/mol. The molecule has 1 heterocycles. The Hall–Kier alpha value is -0.620. The lowest BCUT2D eigenvalue weighted by atomic mass is 9.95. The predicted octanol–water partition coefficient (Wildman–Crippen LogP) is 2.19. The van der Waals surface area contributed by atoms with Crippen molar-refractivity contribution in [1.29, 1.82) is 0 Å². The molecule has 0 aromatic carbocycles. The summed E-state index contributed by atoms with van der Waals surface area (Å²) < 4.78 is 2.06. The van der Waals surface area contributed by atoms with Gasteiger partial charge < -0.3 is 5.32 Å². The van der Waals surface area contributed by atoms with Crippen molar-refractivity contribution in [2.75, 3.05) is 12.8 Å². The second-order valence-electron chi connectivity index (χ2n) is 4.89. The minimum atomic E-state index is 0.217. The molecule has 102 valence electrons. The van der Waals surface area contributed by atoms with Gasteiger partial charge in [0.25, 0.3) is 0 Å². The van der Waals surface area contributed by atoms with E-state index < -0.39 is 0 Å². The summed E-state index contributed by atoms with van der Waals surface area (Å²) in [7, 11) is 0. The van der Waals surface area contributed by atoms with E-state index in [9.17, 15) is 0 Å². The molecule has 0 radical (unpaired) electrons. The monoisotopic (exact) mass is 269 g/mol. The van der Waals surface area contributed by atoms with E-state index in [4.69, 9.17) is 0 Å². The third-order valence-electron chi connectivity index (χ3n) is 3.70. The van der Waals surface area contributed by atoms with Gasteiger partial charge in [-0.05, 0) is 43.0 Å². The van der Waals surface area contributed by atoms with Crippen LogP contribution in [0.4, 0.5) is 0 Å². The highest BCUT2D eigenvalue weighted by Crippen LogP contribution is 2.36. The fourth-order valence-electron chi connectivity index (χ4n) is 2.75. The van der Waals surface area contributed by atoms with E-state index in [-0.39, 0.29) is 6.04 Å². The maximum absolute atomic E-state index is 4.24. The zero-order chi connectivity index (χ0) is 13.0. The van der Waals surface area contributed by atoms with E-state index in [1.54, 1.807) is 0 Å². The van der Waals surface area contributed by atoms with Crippen molar-refractivity contribution < 1.29 is 0 Å². The van der Waals surface area contributed by atoms with Crippen molar-refractivity contribution in [3.8, 4) is 0 Å². The number of nitrogens with zero attached hydrogens (tertiary/aromatic N) is 4. The number of rotatable bonds is 5. The van der Waals surface area contributed by atoms with Crippen LogP contribution in [0.1, 0.15) is 57.4 Å². The Kier molecular flexibility index (Phi) is 5.00. The third kappa shape index (κ3) is 2.85. The number of hydrogen-bond donors (Lipinski definition) is 1. The zero-order valence-corrected chi connectivity index (χ0v) is 12.3. The van der Waals surface area contributed by atoms with Gasteiger partial charge in [-0.1, -0.05) is 19.8 Å². The number of tetrazole rings is 1. The Morgan fingerprint density at radius 2 is 2.22 bits per heavy atom. The second-order valence-corrected chi connectivity index (χ2v) is 5.96. The van der Waals surface area contributed by atoms with Crippen molar-refractivity contribution in [3.63, 3.8) is 0 Å². The first kappa shape index (κ1) is 13.8. The van der Waals surface area contributed by atoms with Crippen LogP contribution in [-0.4, -0.2) is 38.3 Å². The lowest BCUT2D eigenvalue weighted by Gasteiger charge is -2.31. The van der Waals surface area contributed by atoms with Crippen LogP contribution in [0.5, 0.6) is 0 Å². The van der Waals surface area contributed by atoms with Gasteiger partial charge in [0, 0.05) is 5.25 Å². The van der Waals surface area contributed by atoms with Gasteiger partial charge in [0.15, 0.2) is 5.82 Å². The Labute approximate surface area is 113 Å². The van der Waals surface area contributed by atoms with Crippen molar-refractivity contribution >= 4 is 11.8 Å². The molecule has 1 fully saturated rings. The van der Waals surface area contributed by atoms with Crippen molar-refractivity contribution in [2.45, 2.75) is 56.9 Å². The summed E-state index contributed by atoms with van der Waals surface area (Å²) in [5.74, 6) is 0.975. The van der Waals surface area contributed by atoms with Gasteiger partial charge in [-0.25, -0.2) is 4.68 Å². The molecule has 0 amide bonds. The summed E-state index contributed by atoms with van der Waals surface area (Å²) in [4.78, 5) is 0. The summed E-state index contributed by atoms with van der Waals surface area (Å²) >= 11 is 1.95. The van der Waals surface area contributed by atoms with E-state index in [1.165, 1.54) is 25.7 Å². The van der Waals surface area contributed by atoms with Crippen molar-refractivity contribution in [1.82, 2.24) is 25.5 Å². The number of nitrogens with one attached hydrogen (secondary N) is 1. The molecule has 1 aromatic rings. The van der Waals surface area contributed by atoms with Crippen LogP contribution in [0, 0.1) is 0 Å². The average Bonchev–Trinajstić information content (AvgIpc) is 2.88. The van der Waals surface area contributed by atoms with Gasteiger partial charge in [0.2, 0.25) is 0 Å². The normalized spacial score (nSPS) is 26.2. The molecule has 1 aliphatic rings. The van der Waals surface area contributed by atoms with Crippen LogP contribution < -0.4 is 5.32 Å². The Morgan fingerprint density at radius 1 is 1.44 bits per heavy atom. The number of thioether (sulfide) groups is 1. The van der Waals surface area contributed by atoms with Crippen LogP contribution in [0.25, 0.3) is 0 Å². The molecule has 6 heteroatoms. The van der Waals surface area contributed by atoms with Crippen LogP contribution in [-0.2, 0) is 0 Å². The topological polar surface area (TPSA) is 55.6 Å². The van der Waals surface area contributed by atoms with Gasteiger partial charge >= 0.3 is 0 Å². The summed E-state index contributed by atoms with van der Waals surface area (Å²) in [5.41, 5.74) is 0. The Morgan fingerprint density at radius 3 is 2.94 bits per heavy atom. The molecule has 1 N–H and O–H groups in total. The van der Waals surface area contributed by atoms with Gasteiger partial charge in [-0.3, -0.25) is 0 Å². The first-order chi connectivity index (χ1) is 8.77. The summed E-state index contributed by atoms with van der Waals surface area (Å²) in [5, 5.41) is 16.4. The van der Waals surface area contributed by atoms with E-state index in [2.05, 4.69) is 45.6 Å². The van der Waals surface area contributed by atoms with Gasteiger partial charge in [0.1, 0.15) is 0 Å². The highest BCUT2D eigenvalue weighted by molar-refractivity contribution is 7.99. The van der Waals surface area contributed by atoms with E-state index in [0.717, 1.165) is 12.4 Å². The lowest BCUT2D eigenvalue weighted by Crippen LogP contribution is -2.30. The molecule has 0 spiro atoms. The number of aromatic nitrogens is 4. The van der Waals surface area contributed by atoms with Crippen molar-refractivity contribution in [3.05, 3.63) is 5.82 Å². The van der Waals surface area contributed by atoms with Gasteiger partial charge in [-0.2, -0.15) is 11.8 Å². The highest BCUT2D eigenvalue weighted by Gasteiger charge is 2.29. The quantitative estimate of drug-likeness (QED) is 0.888. The largest absolute Gasteiger partial charge is 0.308 e. The molecule has 1 aromatic heterocycles. The minimum Gasteiger partial charge on any atom is -0.308 e. The van der Waals surface area contributed by atoms with Crippen LogP contribution in [0.2, 0.25) is 0 Å². The van der Waals surface area contributed by atoms with Crippen LogP contribution in [0.3, 0.4) is 0 Å². The van der Waals surface area contributed by atoms with Crippen LogP contribution >= 0.6 is 11.8 Å². The molecule has 1 saturated carbocycles. The maximum Gasteiger partial charge on any atom is 0.168 e. The fraction of sp³-hybridized carbons (Fsp3) is 0.917. The van der Waals surface area contributed by atoms with E-state index in [0.29, 0.717) is 11.3 Å². The van der Waals surface area contributed by atoms with E-state index >= 15 is 0 Å². The molecule has 3 atom stereocenters. The molecule has 18 heavy (non-hydrogen) atoms. The highest BCUT2D eigenvalue weighted by atomic mass is 32.2. The minimum absolute atomic E-state index is 0.217. The molecule has 2 rings (SSSR count). The lowest BCUT2D eigenvalue weighted by molar-refractivity contribution is 0.319. The Balaban J connectivity index is 2.18. The third-order valence-corrected chi connectivity index (χ3v) is 4.86. The Bertz CT molecular complexity index is 367. The molecule has 1 aliphatic carbocycles. The molecular weight excluding hydrogens is 246 g/mol.